The Morgan fingerprint density at radius 1 is 1.16 bits per heavy atom. The van der Waals surface area contributed by atoms with Crippen molar-refractivity contribution in [3.8, 4) is 0 Å². The third-order valence-electron chi connectivity index (χ3n) is 3.10. The summed E-state index contributed by atoms with van der Waals surface area (Å²) in [6.07, 6.45) is 10.4. The van der Waals surface area contributed by atoms with Crippen molar-refractivity contribution in [2.75, 3.05) is 0 Å². The Morgan fingerprint density at radius 3 is 2.58 bits per heavy atom. The minimum Gasteiger partial charge on any atom is -0.294 e. The maximum atomic E-state index is 11.9. The highest BCUT2D eigenvalue weighted by Crippen LogP contribution is 2.11. The summed E-state index contributed by atoms with van der Waals surface area (Å²) >= 11 is 0. The fourth-order valence-electron chi connectivity index (χ4n) is 1.89. The van der Waals surface area contributed by atoms with E-state index in [1.165, 1.54) is 19.3 Å². The van der Waals surface area contributed by atoms with E-state index in [9.17, 15) is 4.79 Å². The summed E-state index contributed by atoms with van der Waals surface area (Å²) in [6.45, 7) is 6.21. The predicted molar refractivity (Wildman–Crippen MR) is 82.4 cm³/mol. The van der Waals surface area contributed by atoms with Crippen LogP contribution in [0.4, 0.5) is 0 Å². The molecule has 0 N–H and O–H groups in total. The van der Waals surface area contributed by atoms with Gasteiger partial charge in [0, 0.05) is 12.0 Å². The third-order valence-corrected chi connectivity index (χ3v) is 3.10. The van der Waals surface area contributed by atoms with Crippen LogP contribution in [-0.4, -0.2) is 5.78 Å². The van der Waals surface area contributed by atoms with Crippen molar-refractivity contribution >= 4 is 5.78 Å². The summed E-state index contributed by atoms with van der Waals surface area (Å²) < 4.78 is 0. The number of Topliss-reactive ketones (excluding diaryl/α,β-unsaturated/α-hetero) is 1. The molecule has 19 heavy (non-hydrogen) atoms. The molecular formula is C18H24O. The lowest BCUT2D eigenvalue weighted by Gasteiger charge is -2.01. The molecule has 1 rings (SSSR count). The van der Waals surface area contributed by atoms with E-state index in [-0.39, 0.29) is 5.78 Å². The van der Waals surface area contributed by atoms with Crippen LogP contribution >= 0.6 is 0 Å². The van der Waals surface area contributed by atoms with Gasteiger partial charge in [-0.2, -0.15) is 0 Å². The first-order chi connectivity index (χ1) is 9.24. The van der Waals surface area contributed by atoms with Gasteiger partial charge in [-0.15, -0.1) is 0 Å². The van der Waals surface area contributed by atoms with Crippen LogP contribution in [0.3, 0.4) is 0 Å². The molecule has 0 radical (unpaired) electrons. The molecule has 0 amide bonds. The zero-order valence-corrected chi connectivity index (χ0v) is 11.9. The highest BCUT2D eigenvalue weighted by molar-refractivity contribution is 5.96. The van der Waals surface area contributed by atoms with E-state index in [1.54, 1.807) is 0 Å². The van der Waals surface area contributed by atoms with Crippen molar-refractivity contribution in [1.82, 2.24) is 0 Å². The molecule has 0 bridgehead atoms. The molecule has 0 aliphatic heterocycles. The second-order valence-electron chi connectivity index (χ2n) is 4.85. The standard InChI is InChI=1S/C18H24O/c1-3-4-5-6-8-11-16(2)14-15-18(19)17-12-9-7-10-13-17/h7-13H,2-6,14-15H2,1H3/b11-8+. The molecule has 1 aromatic rings. The van der Waals surface area contributed by atoms with Gasteiger partial charge in [0.05, 0.1) is 0 Å². The molecule has 0 aromatic heterocycles. The Kier molecular flexibility index (Phi) is 7.57. The first kappa shape index (κ1) is 15.4. The van der Waals surface area contributed by atoms with Crippen molar-refractivity contribution in [2.45, 2.75) is 45.4 Å². The highest BCUT2D eigenvalue weighted by atomic mass is 16.1. The molecule has 0 atom stereocenters. The second kappa shape index (κ2) is 9.32. The van der Waals surface area contributed by atoms with Gasteiger partial charge < -0.3 is 0 Å². The molecule has 1 aromatic carbocycles. The summed E-state index contributed by atoms with van der Waals surface area (Å²) in [6, 6.07) is 9.46. The molecule has 0 saturated heterocycles. The van der Waals surface area contributed by atoms with E-state index < -0.39 is 0 Å². The van der Waals surface area contributed by atoms with Crippen molar-refractivity contribution in [1.29, 1.82) is 0 Å². The molecule has 0 heterocycles. The fourth-order valence-corrected chi connectivity index (χ4v) is 1.89. The van der Waals surface area contributed by atoms with Gasteiger partial charge in [-0.3, -0.25) is 4.79 Å². The molecule has 0 spiro atoms. The van der Waals surface area contributed by atoms with Crippen LogP contribution in [0.25, 0.3) is 0 Å². The molecule has 0 fully saturated rings. The van der Waals surface area contributed by atoms with Crippen molar-refractivity contribution in [2.24, 2.45) is 0 Å². The summed E-state index contributed by atoms with van der Waals surface area (Å²) in [5, 5.41) is 0. The maximum Gasteiger partial charge on any atom is 0.163 e. The maximum absolute atomic E-state index is 11.9. The molecule has 102 valence electrons. The summed E-state index contributed by atoms with van der Waals surface area (Å²) in [4.78, 5) is 11.9. The van der Waals surface area contributed by atoms with Gasteiger partial charge in [0.25, 0.3) is 0 Å². The van der Waals surface area contributed by atoms with Gasteiger partial charge in [-0.1, -0.05) is 74.4 Å². The minimum absolute atomic E-state index is 0.195. The molecule has 1 nitrogen and oxygen atoms in total. The topological polar surface area (TPSA) is 17.1 Å². The van der Waals surface area contributed by atoms with Crippen LogP contribution in [0.15, 0.2) is 54.6 Å². The molecule has 0 aliphatic carbocycles. The van der Waals surface area contributed by atoms with Crippen LogP contribution in [-0.2, 0) is 0 Å². The summed E-state index contributed by atoms with van der Waals surface area (Å²) in [5.74, 6) is 0.195. The molecule has 1 heteroatoms. The first-order valence-electron chi connectivity index (χ1n) is 7.16. The first-order valence-corrected chi connectivity index (χ1v) is 7.16. The Morgan fingerprint density at radius 2 is 1.89 bits per heavy atom. The average molecular weight is 256 g/mol. The smallest absolute Gasteiger partial charge is 0.163 e. The minimum atomic E-state index is 0.195. The summed E-state index contributed by atoms with van der Waals surface area (Å²) in [5.41, 5.74) is 1.84. The normalized spacial score (nSPS) is 10.8. The summed E-state index contributed by atoms with van der Waals surface area (Å²) in [7, 11) is 0. The lowest BCUT2D eigenvalue weighted by molar-refractivity contribution is 0.0983. The number of unbranched alkanes of at least 4 members (excludes halogenated alkanes) is 3. The zero-order chi connectivity index (χ0) is 13.9. The lowest BCUT2D eigenvalue weighted by Crippen LogP contribution is -1.98. The van der Waals surface area contributed by atoms with Crippen molar-refractivity contribution in [3.05, 3.63) is 60.2 Å². The predicted octanol–water partition coefficient (Wildman–Crippen LogP) is 5.34. The number of ketones is 1. The van der Waals surface area contributed by atoms with E-state index in [2.05, 4.69) is 25.7 Å². The van der Waals surface area contributed by atoms with E-state index in [0.717, 1.165) is 24.0 Å². The molecule has 0 aliphatic rings. The Bertz CT molecular complexity index is 415. The van der Waals surface area contributed by atoms with Crippen molar-refractivity contribution < 1.29 is 4.79 Å². The molecule has 0 saturated carbocycles. The van der Waals surface area contributed by atoms with Gasteiger partial charge in [-0.05, 0) is 19.3 Å². The second-order valence-corrected chi connectivity index (χ2v) is 4.85. The van der Waals surface area contributed by atoms with Crippen LogP contribution < -0.4 is 0 Å². The SMILES string of the molecule is C=C(/C=C/CCCCC)CCC(=O)c1ccccc1. The number of benzene rings is 1. The average Bonchev–Trinajstić information content (AvgIpc) is 2.45. The van der Waals surface area contributed by atoms with Gasteiger partial charge in [0.1, 0.15) is 0 Å². The van der Waals surface area contributed by atoms with Gasteiger partial charge in [0.2, 0.25) is 0 Å². The molecule has 0 unspecified atom stereocenters. The number of hydrogen-bond donors (Lipinski definition) is 0. The van der Waals surface area contributed by atoms with Crippen LogP contribution in [0, 0.1) is 0 Å². The van der Waals surface area contributed by atoms with E-state index in [0.29, 0.717) is 6.42 Å². The van der Waals surface area contributed by atoms with Gasteiger partial charge in [0.15, 0.2) is 5.78 Å². The fraction of sp³-hybridized carbons (Fsp3) is 0.389. The van der Waals surface area contributed by atoms with Gasteiger partial charge >= 0.3 is 0 Å². The van der Waals surface area contributed by atoms with Crippen molar-refractivity contribution in [3.63, 3.8) is 0 Å². The molecular weight excluding hydrogens is 232 g/mol. The van der Waals surface area contributed by atoms with Crippen LogP contribution in [0.5, 0.6) is 0 Å². The lowest BCUT2D eigenvalue weighted by atomic mass is 10.0. The number of carbonyl (C=O) groups excluding carboxylic acids is 1. The number of allylic oxidation sites excluding steroid dienone is 3. The number of carbonyl (C=O) groups is 1. The van der Waals surface area contributed by atoms with Crippen LogP contribution in [0.2, 0.25) is 0 Å². The van der Waals surface area contributed by atoms with Gasteiger partial charge in [-0.25, -0.2) is 0 Å². The number of rotatable bonds is 9. The number of hydrogen-bond acceptors (Lipinski definition) is 1. The largest absolute Gasteiger partial charge is 0.294 e. The highest BCUT2D eigenvalue weighted by Gasteiger charge is 2.04. The Labute approximate surface area is 117 Å². The Balaban J connectivity index is 2.25. The third kappa shape index (κ3) is 6.76. The van der Waals surface area contributed by atoms with E-state index >= 15 is 0 Å². The zero-order valence-electron chi connectivity index (χ0n) is 11.9. The Hall–Kier alpha value is -1.63. The van der Waals surface area contributed by atoms with E-state index in [1.807, 2.05) is 30.3 Å². The monoisotopic (exact) mass is 256 g/mol. The van der Waals surface area contributed by atoms with Crippen LogP contribution in [0.1, 0.15) is 55.8 Å². The van der Waals surface area contributed by atoms with E-state index in [4.69, 9.17) is 0 Å². The quantitative estimate of drug-likeness (QED) is 0.331.